The minimum absolute atomic E-state index is 0.150. The molecule has 1 unspecified atom stereocenters. The molecule has 3 aromatic carbocycles. The number of urea groups is 1. The number of hydrogen-bond donors (Lipinski definition) is 1. The lowest BCUT2D eigenvalue weighted by Crippen LogP contribution is -2.37. The Labute approximate surface area is 206 Å². The van der Waals surface area contributed by atoms with Crippen molar-refractivity contribution in [1.29, 1.82) is 0 Å². The molecule has 4 amide bonds. The monoisotopic (exact) mass is 497 g/mol. The third kappa shape index (κ3) is 5.16. The highest BCUT2D eigenvalue weighted by molar-refractivity contribution is 6.31. The van der Waals surface area contributed by atoms with E-state index in [1.165, 1.54) is 4.90 Å². The van der Waals surface area contributed by atoms with Crippen molar-refractivity contribution in [2.75, 3.05) is 17.3 Å². The molecule has 1 fully saturated rings. The number of carbonyl (C=O) groups is 3. The first-order valence-corrected chi connectivity index (χ1v) is 11.2. The van der Waals surface area contributed by atoms with Crippen LogP contribution in [0, 0.1) is 0 Å². The Kier molecular flexibility index (Phi) is 7.05. The van der Waals surface area contributed by atoms with Crippen LogP contribution in [0.25, 0.3) is 0 Å². The van der Waals surface area contributed by atoms with Crippen LogP contribution in [0.15, 0.2) is 72.8 Å². The summed E-state index contributed by atoms with van der Waals surface area (Å²) in [4.78, 5) is 42.0. The first-order chi connectivity index (χ1) is 16.4. The summed E-state index contributed by atoms with van der Waals surface area (Å²) in [6.07, 6.45) is -0.201. The van der Waals surface area contributed by atoms with E-state index in [2.05, 4.69) is 5.32 Å². The summed E-state index contributed by atoms with van der Waals surface area (Å²) in [7, 11) is 1.57. The molecule has 1 saturated heterocycles. The Morgan fingerprint density at radius 1 is 0.912 bits per heavy atom. The van der Waals surface area contributed by atoms with Gasteiger partial charge in [0.05, 0.1) is 19.2 Å². The van der Waals surface area contributed by atoms with Crippen molar-refractivity contribution in [3.63, 3.8) is 0 Å². The number of halogens is 2. The van der Waals surface area contributed by atoms with Gasteiger partial charge >= 0.3 is 6.03 Å². The minimum atomic E-state index is -0.974. The van der Waals surface area contributed by atoms with Gasteiger partial charge in [-0.15, -0.1) is 0 Å². The molecule has 4 rings (SSSR count). The van der Waals surface area contributed by atoms with Gasteiger partial charge in [0.2, 0.25) is 5.91 Å². The molecule has 1 aliphatic rings. The fourth-order valence-electron chi connectivity index (χ4n) is 3.69. The number of amides is 4. The zero-order valence-corrected chi connectivity index (χ0v) is 19.7. The van der Waals surface area contributed by atoms with Crippen LogP contribution in [0.2, 0.25) is 10.0 Å². The van der Waals surface area contributed by atoms with Gasteiger partial charge in [-0.2, -0.15) is 0 Å². The minimum Gasteiger partial charge on any atom is -0.497 e. The zero-order valence-electron chi connectivity index (χ0n) is 18.2. The first-order valence-electron chi connectivity index (χ1n) is 10.4. The van der Waals surface area contributed by atoms with Gasteiger partial charge in [0, 0.05) is 22.3 Å². The molecule has 0 aliphatic carbocycles. The highest BCUT2D eigenvalue weighted by atomic mass is 35.5. The predicted octanol–water partition coefficient (Wildman–Crippen LogP) is 5.37. The molecule has 1 heterocycles. The Hall–Kier alpha value is -3.55. The van der Waals surface area contributed by atoms with Crippen LogP contribution in [0.1, 0.15) is 12.0 Å². The molecule has 0 spiro atoms. The van der Waals surface area contributed by atoms with Crippen LogP contribution in [0.4, 0.5) is 16.2 Å². The smallest absolute Gasteiger partial charge is 0.332 e. The predicted molar refractivity (Wildman–Crippen MR) is 131 cm³/mol. The molecule has 1 N–H and O–H groups in total. The second kappa shape index (κ2) is 10.2. The summed E-state index contributed by atoms with van der Waals surface area (Å²) in [5.41, 5.74) is 1.73. The van der Waals surface area contributed by atoms with Gasteiger partial charge in [-0.3, -0.25) is 9.59 Å². The maximum atomic E-state index is 13.3. The summed E-state index contributed by atoms with van der Waals surface area (Å²) in [6, 6.07) is 18.7. The number of carbonyl (C=O) groups excluding carboxylic acids is 3. The van der Waals surface area contributed by atoms with E-state index in [4.69, 9.17) is 27.9 Å². The number of hydrogen-bond acceptors (Lipinski definition) is 4. The number of benzene rings is 3. The van der Waals surface area contributed by atoms with E-state index in [1.807, 2.05) is 12.1 Å². The van der Waals surface area contributed by atoms with Crippen LogP contribution in [-0.2, 0) is 16.1 Å². The van der Waals surface area contributed by atoms with Crippen molar-refractivity contribution in [2.45, 2.75) is 19.0 Å². The quantitative estimate of drug-likeness (QED) is 0.445. The van der Waals surface area contributed by atoms with E-state index in [9.17, 15) is 14.4 Å². The van der Waals surface area contributed by atoms with Gasteiger partial charge < -0.3 is 15.0 Å². The maximum absolute atomic E-state index is 13.3. The normalized spacial score (nSPS) is 15.6. The van der Waals surface area contributed by atoms with Crippen LogP contribution in [0.5, 0.6) is 5.75 Å². The van der Waals surface area contributed by atoms with Crippen LogP contribution >= 0.6 is 23.2 Å². The molecule has 174 valence electrons. The van der Waals surface area contributed by atoms with Crippen molar-refractivity contribution >= 4 is 52.4 Å². The Balaban J connectivity index is 1.59. The molecule has 0 radical (unpaired) electrons. The summed E-state index contributed by atoms with van der Waals surface area (Å²) in [5.74, 6) is -0.201. The average Bonchev–Trinajstić information content (AvgIpc) is 3.05. The number of nitrogens with one attached hydrogen (secondary N) is 1. The zero-order chi connectivity index (χ0) is 24.2. The molecule has 7 nitrogen and oxygen atoms in total. The standard InChI is InChI=1S/C25H21Cl2N3O4/c1-34-21-12-2-16(3-13-21)15-29-22(14-23(31)28-19-8-4-17(26)5-9-19)24(32)30(25(29)33)20-10-6-18(27)7-11-20/h2-13,22H,14-15H2,1H3,(H,28,31). The molecule has 0 saturated carbocycles. The number of methoxy groups -OCH3 is 1. The molecule has 0 aromatic heterocycles. The van der Waals surface area contributed by atoms with Crippen LogP contribution in [-0.4, -0.2) is 35.9 Å². The highest BCUT2D eigenvalue weighted by Gasteiger charge is 2.46. The van der Waals surface area contributed by atoms with Gasteiger partial charge in [0.1, 0.15) is 11.8 Å². The van der Waals surface area contributed by atoms with E-state index in [-0.39, 0.29) is 13.0 Å². The fraction of sp³-hybridized carbons (Fsp3) is 0.160. The van der Waals surface area contributed by atoms with Gasteiger partial charge in [0.25, 0.3) is 5.91 Å². The largest absolute Gasteiger partial charge is 0.497 e. The van der Waals surface area contributed by atoms with E-state index in [0.717, 1.165) is 10.5 Å². The Morgan fingerprint density at radius 2 is 1.50 bits per heavy atom. The van der Waals surface area contributed by atoms with E-state index in [1.54, 1.807) is 67.8 Å². The second-order valence-corrected chi connectivity index (χ2v) is 8.56. The molecule has 34 heavy (non-hydrogen) atoms. The van der Waals surface area contributed by atoms with Gasteiger partial charge in [-0.25, -0.2) is 9.69 Å². The SMILES string of the molecule is COc1ccc(CN2C(=O)N(c3ccc(Cl)cc3)C(=O)C2CC(=O)Nc2ccc(Cl)cc2)cc1. The van der Waals surface area contributed by atoms with Crippen molar-refractivity contribution in [3.8, 4) is 5.75 Å². The number of anilines is 2. The van der Waals surface area contributed by atoms with Crippen LogP contribution < -0.4 is 15.0 Å². The highest BCUT2D eigenvalue weighted by Crippen LogP contribution is 2.30. The van der Waals surface area contributed by atoms with Crippen molar-refractivity contribution in [3.05, 3.63) is 88.4 Å². The number of ether oxygens (including phenoxy) is 1. The Bertz CT molecular complexity index is 1200. The number of imide groups is 1. The van der Waals surface area contributed by atoms with Gasteiger partial charge in [-0.1, -0.05) is 35.3 Å². The molecule has 1 aliphatic heterocycles. The van der Waals surface area contributed by atoms with Gasteiger partial charge in [0.15, 0.2) is 0 Å². The van der Waals surface area contributed by atoms with E-state index < -0.39 is 23.9 Å². The number of rotatable bonds is 7. The summed E-state index contributed by atoms with van der Waals surface area (Å²) in [6.45, 7) is 0.150. The van der Waals surface area contributed by atoms with E-state index in [0.29, 0.717) is 27.2 Å². The van der Waals surface area contributed by atoms with Gasteiger partial charge in [-0.05, 0) is 66.2 Å². The summed E-state index contributed by atoms with van der Waals surface area (Å²) >= 11 is 11.9. The third-order valence-corrected chi connectivity index (χ3v) is 5.93. The number of nitrogens with zero attached hydrogens (tertiary/aromatic N) is 2. The molecular weight excluding hydrogens is 477 g/mol. The lowest BCUT2D eigenvalue weighted by atomic mass is 10.1. The van der Waals surface area contributed by atoms with Crippen molar-refractivity contribution in [2.24, 2.45) is 0 Å². The molecule has 1 atom stereocenters. The first kappa shape index (κ1) is 23.6. The average molecular weight is 498 g/mol. The summed E-state index contributed by atoms with van der Waals surface area (Å²) in [5, 5.41) is 3.78. The fourth-order valence-corrected chi connectivity index (χ4v) is 3.94. The Morgan fingerprint density at radius 3 is 2.09 bits per heavy atom. The topological polar surface area (TPSA) is 79.0 Å². The van der Waals surface area contributed by atoms with Crippen molar-refractivity contribution < 1.29 is 19.1 Å². The lowest BCUT2D eigenvalue weighted by molar-refractivity contribution is -0.124. The maximum Gasteiger partial charge on any atom is 0.332 e. The van der Waals surface area contributed by atoms with Crippen LogP contribution in [0.3, 0.4) is 0 Å². The van der Waals surface area contributed by atoms with Crippen molar-refractivity contribution in [1.82, 2.24) is 4.90 Å². The third-order valence-electron chi connectivity index (χ3n) is 5.42. The van der Waals surface area contributed by atoms with E-state index >= 15 is 0 Å². The lowest BCUT2D eigenvalue weighted by Gasteiger charge is -2.22. The molecule has 0 bridgehead atoms. The summed E-state index contributed by atoms with van der Waals surface area (Å²) < 4.78 is 5.18. The molecular formula is C25H21Cl2N3O4. The molecule has 9 heteroatoms. The second-order valence-electron chi connectivity index (χ2n) is 7.68. The molecule has 3 aromatic rings.